The Morgan fingerprint density at radius 3 is 2.12 bits per heavy atom. The third-order valence-corrected chi connectivity index (χ3v) is 6.16. The Bertz CT molecular complexity index is 965. The lowest BCUT2D eigenvalue weighted by molar-refractivity contribution is 0.189. The van der Waals surface area contributed by atoms with E-state index in [0.29, 0.717) is 13.1 Å². The molecule has 128 valence electrons. The van der Waals surface area contributed by atoms with E-state index in [2.05, 4.69) is 10.3 Å². The van der Waals surface area contributed by atoms with Gasteiger partial charge in [0.1, 0.15) is 5.82 Å². The quantitative estimate of drug-likeness (QED) is 0.718. The first kappa shape index (κ1) is 15.9. The molecule has 1 aliphatic rings. The zero-order valence-corrected chi connectivity index (χ0v) is 14.0. The molecule has 25 heavy (non-hydrogen) atoms. The minimum Gasteiger partial charge on any atom is -0.247 e. The van der Waals surface area contributed by atoms with Gasteiger partial charge in [-0.3, -0.25) is 0 Å². The van der Waals surface area contributed by atoms with Crippen LogP contribution in [0.25, 0.3) is 11.1 Å². The van der Waals surface area contributed by atoms with Crippen molar-refractivity contribution in [1.82, 2.24) is 19.3 Å². The Labute approximate surface area is 144 Å². The average molecular weight is 358 g/mol. The van der Waals surface area contributed by atoms with Crippen molar-refractivity contribution < 1.29 is 12.8 Å². The molecular formula is C17H15FN4O2S. The van der Waals surface area contributed by atoms with Crippen molar-refractivity contribution in [1.29, 1.82) is 0 Å². The van der Waals surface area contributed by atoms with Gasteiger partial charge in [-0.15, -0.1) is 5.10 Å². The van der Waals surface area contributed by atoms with Crippen molar-refractivity contribution in [3.63, 3.8) is 0 Å². The molecule has 0 bridgehead atoms. The highest BCUT2D eigenvalue weighted by atomic mass is 32.2. The molecule has 6 nitrogen and oxygen atoms in total. The summed E-state index contributed by atoms with van der Waals surface area (Å²) in [5, 5.41) is 7.63. The summed E-state index contributed by atoms with van der Waals surface area (Å²) in [7, 11) is -3.52. The Kier molecular flexibility index (Phi) is 3.85. The van der Waals surface area contributed by atoms with E-state index in [9.17, 15) is 12.8 Å². The van der Waals surface area contributed by atoms with Gasteiger partial charge in [-0.25, -0.2) is 17.5 Å². The Hall–Kier alpha value is -2.58. The SMILES string of the molecule is O=S(=O)(c1ccc(-c2ccc(F)cc2)cc1)N1CC(n2ccnn2)C1. The zero-order chi connectivity index (χ0) is 17.4. The Balaban J connectivity index is 1.50. The van der Waals surface area contributed by atoms with Crippen LogP contribution >= 0.6 is 0 Å². The second-order valence-corrected chi connectivity index (χ2v) is 7.83. The van der Waals surface area contributed by atoms with Gasteiger partial charge in [0.05, 0.1) is 17.1 Å². The van der Waals surface area contributed by atoms with E-state index in [1.807, 2.05) is 0 Å². The van der Waals surface area contributed by atoms with E-state index in [4.69, 9.17) is 0 Å². The van der Waals surface area contributed by atoms with Gasteiger partial charge in [0.2, 0.25) is 10.0 Å². The number of hydrogen-bond donors (Lipinski definition) is 0. The maximum atomic E-state index is 13.0. The lowest BCUT2D eigenvalue weighted by Crippen LogP contribution is -2.50. The summed E-state index contributed by atoms with van der Waals surface area (Å²) in [5.41, 5.74) is 1.67. The highest BCUT2D eigenvalue weighted by molar-refractivity contribution is 7.89. The van der Waals surface area contributed by atoms with Gasteiger partial charge in [0, 0.05) is 19.3 Å². The van der Waals surface area contributed by atoms with Gasteiger partial charge < -0.3 is 0 Å². The van der Waals surface area contributed by atoms with E-state index in [1.165, 1.54) is 16.4 Å². The average Bonchev–Trinajstić information content (AvgIpc) is 3.08. The van der Waals surface area contributed by atoms with Crippen LogP contribution in [0.15, 0.2) is 65.8 Å². The number of sulfonamides is 1. The summed E-state index contributed by atoms with van der Waals surface area (Å²) in [6, 6.07) is 12.7. The summed E-state index contributed by atoms with van der Waals surface area (Å²) < 4.78 is 41.4. The van der Waals surface area contributed by atoms with Crippen molar-refractivity contribution in [2.24, 2.45) is 0 Å². The molecule has 1 aromatic heterocycles. The maximum absolute atomic E-state index is 13.0. The fourth-order valence-corrected chi connectivity index (χ4v) is 4.32. The van der Waals surface area contributed by atoms with Gasteiger partial charge in [-0.1, -0.05) is 29.5 Å². The van der Waals surface area contributed by atoms with Gasteiger partial charge in [0.15, 0.2) is 0 Å². The molecule has 4 rings (SSSR count). The first-order valence-corrected chi connectivity index (χ1v) is 9.20. The molecule has 0 radical (unpaired) electrons. The van der Waals surface area contributed by atoms with E-state index in [1.54, 1.807) is 53.5 Å². The summed E-state index contributed by atoms with van der Waals surface area (Å²) in [4.78, 5) is 0.246. The lowest BCUT2D eigenvalue weighted by Gasteiger charge is -2.37. The lowest BCUT2D eigenvalue weighted by atomic mass is 10.1. The molecule has 0 amide bonds. The fourth-order valence-electron chi connectivity index (χ4n) is 2.80. The molecule has 0 atom stereocenters. The van der Waals surface area contributed by atoms with Crippen LogP contribution in [-0.4, -0.2) is 40.8 Å². The molecule has 0 saturated carbocycles. The second-order valence-electron chi connectivity index (χ2n) is 5.89. The molecule has 0 aliphatic carbocycles. The van der Waals surface area contributed by atoms with Crippen LogP contribution in [0.5, 0.6) is 0 Å². The van der Waals surface area contributed by atoms with Crippen LogP contribution in [0.1, 0.15) is 6.04 Å². The standard InChI is InChI=1S/C17H15FN4O2S/c18-15-5-1-13(2-6-15)14-3-7-17(8-4-14)25(23,24)21-11-16(12-21)22-10-9-19-20-22/h1-10,16H,11-12H2. The highest BCUT2D eigenvalue weighted by Crippen LogP contribution is 2.29. The summed E-state index contributed by atoms with van der Waals surface area (Å²) in [6.45, 7) is 0.761. The molecule has 1 aliphatic heterocycles. The minimum absolute atomic E-state index is 0.0239. The molecule has 1 saturated heterocycles. The van der Waals surface area contributed by atoms with Gasteiger partial charge >= 0.3 is 0 Å². The van der Waals surface area contributed by atoms with Crippen LogP contribution in [0.4, 0.5) is 4.39 Å². The Morgan fingerprint density at radius 1 is 0.960 bits per heavy atom. The van der Waals surface area contributed by atoms with Crippen LogP contribution < -0.4 is 0 Å². The van der Waals surface area contributed by atoms with Crippen molar-refractivity contribution in [3.05, 3.63) is 66.7 Å². The number of aromatic nitrogens is 3. The topological polar surface area (TPSA) is 68.1 Å². The first-order chi connectivity index (χ1) is 12.0. The van der Waals surface area contributed by atoms with Crippen LogP contribution in [0.2, 0.25) is 0 Å². The van der Waals surface area contributed by atoms with Crippen LogP contribution in [0, 0.1) is 5.82 Å². The number of hydrogen-bond acceptors (Lipinski definition) is 4. The van der Waals surface area contributed by atoms with E-state index in [-0.39, 0.29) is 16.8 Å². The molecule has 3 aromatic rings. The van der Waals surface area contributed by atoms with Gasteiger partial charge in [-0.2, -0.15) is 4.31 Å². The van der Waals surface area contributed by atoms with Crippen molar-refractivity contribution in [3.8, 4) is 11.1 Å². The number of halogens is 1. The smallest absolute Gasteiger partial charge is 0.243 e. The van der Waals surface area contributed by atoms with E-state index >= 15 is 0 Å². The van der Waals surface area contributed by atoms with E-state index < -0.39 is 10.0 Å². The minimum atomic E-state index is -3.52. The second kappa shape index (κ2) is 6.05. The summed E-state index contributed by atoms with van der Waals surface area (Å²) in [5.74, 6) is -0.303. The molecule has 0 spiro atoms. The molecule has 1 fully saturated rings. The molecule has 0 unspecified atom stereocenters. The van der Waals surface area contributed by atoms with Crippen LogP contribution in [0.3, 0.4) is 0 Å². The summed E-state index contributed by atoms with van der Waals surface area (Å²) >= 11 is 0. The molecular weight excluding hydrogens is 343 g/mol. The normalized spacial score (nSPS) is 15.9. The molecule has 2 aromatic carbocycles. The van der Waals surface area contributed by atoms with E-state index in [0.717, 1.165) is 11.1 Å². The monoisotopic (exact) mass is 358 g/mol. The molecule has 0 N–H and O–H groups in total. The van der Waals surface area contributed by atoms with Crippen molar-refractivity contribution in [2.75, 3.05) is 13.1 Å². The third kappa shape index (κ3) is 2.94. The number of benzene rings is 2. The summed E-state index contributed by atoms with van der Waals surface area (Å²) in [6.07, 6.45) is 3.30. The predicted octanol–water partition coefficient (Wildman–Crippen LogP) is 2.33. The van der Waals surface area contributed by atoms with Gasteiger partial charge in [-0.05, 0) is 35.4 Å². The maximum Gasteiger partial charge on any atom is 0.243 e. The van der Waals surface area contributed by atoms with Crippen molar-refractivity contribution in [2.45, 2.75) is 10.9 Å². The predicted molar refractivity (Wildman–Crippen MR) is 89.7 cm³/mol. The van der Waals surface area contributed by atoms with Crippen LogP contribution in [-0.2, 0) is 10.0 Å². The molecule has 8 heteroatoms. The molecule has 2 heterocycles. The largest absolute Gasteiger partial charge is 0.247 e. The fraction of sp³-hybridized carbons (Fsp3) is 0.176. The number of nitrogens with zero attached hydrogens (tertiary/aromatic N) is 4. The number of rotatable bonds is 4. The van der Waals surface area contributed by atoms with Crippen molar-refractivity contribution >= 4 is 10.0 Å². The highest BCUT2D eigenvalue weighted by Gasteiger charge is 2.38. The Morgan fingerprint density at radius 2 is 1.56 bits per heavy atom. The van der Waals surface area contributed by atoms with Gasteiger partial charge in [0.25, 0.3) is 0 Å². The third-order valence-electron chi connectivity index (χ3n) is 4.31. The zero-order valence-electron chi connectivity index (χ0n) is 13.2. The first-order valence-electron chi connectivity index (χ1n) is 7.76.